The topological polar surface area (TPSA) is 21.3 Å². The Morgan fingerprint density at radius 1 is 1.44 bits per heavy atom. The number of rotatable bonds is 4. The van der Waals surface area contributed by atoms with Crippen molar-refractivity contribution in [1.82, 2.24) is 0 Å². The lowest BCUT2D eigenvalue weighted by Crippen LogP contribution is -2.19. The fourth-order valence-corrected chi connectivity index (χ4v) is 3.23. The number of nitrogens with one attached hydrogen (secondary N) is 1. The van der Waals surface area contributed by atoms with Crippen LogP contribution in [0.15, 0.2) is 24.3 Å². The van der Waals surface area contributed by atoms with Crippen LogP contribution in [0.5, 0.6) is 0 Å². The third-order valence-electron chi connectivity index (χ3n) is 2.88. The summed E-state index contributed by atoms with van der Waals surface area (Å²) in [6.07, 6.45) is 1.26. The van der Waals surface area contributed by atoms with Crippen molar-refractivity contribution < 1.29 is 4.74 Å². The average Bonchev–Trinajstić information content (AvgIpc) is 2.67. The summed E-state index contributed by atoms with van der Waals surface area (Å²) in [6.45, 7) is 2.98. The largest absolute Gasteiger partial charge is 0.381 e. The molecule has 2 atom stereocenters. The summed E-state index contributed by atoms with van der Waals surface area (Å²) >= 11 is 2.05. The maximum atomic E-state index is 5.21. The van der Waals surface area contributed by atoms with Crippen molar-refractivity contribution in [2.45, 2.75) is 31.2 Å². The van der Waals surface area contributed by atoms with Crippen molar-refractivity contribution in [1.29, 1.82) is 0 Å². The first-order chi connectivity index (χ1) is 7.79. The molecule has 0 spiro atoms. The van der Waals surface area contributed by atoms with Gasteiger partial charge in [-0.25, -0.2) is 0 Å². The molecule has 88 valence electrons. The molecule has 2 rings (SSSR count). The molecule has 0 aliphatic carbocycles. The molecule has 1 heterocycles. The molecular weight excluding hydrogens is 218 g/mol. The van der Waals surface area contributed by atoms with Crippen LogP contribution in [0.2, 0.25) is 0 Å². The van der Waals surface area contributed by atoms with E-state index >= 15 is 0 Å². The fraction of sp³-hybridized carbons (Fsp3) is 0.538. The zero-order valence-corrected chi connectivity index (χ0v) is 10.7. The first-order valence-electron chi connectivity index (χ1n) is 5.74. The third kappa shape index (κ3) is 2.92. The molecule has 1 saturated heterocycles. The van der Waals surface area contributed by atoms with Gasteiger partial charge in [0.25, 0.3) is 0 Å². The summed E-state index contributed by atoms with van der Waals surface area (Å²) < 4.78 is 5.21. The second kappa shape index (κ2) is 5.60. The Hall–Kier alpha value is -0.670. The Morgan fingerprint density at radius 3 is 2.94 bits per heavy atom. The predicted molar refractivity (Wildman–Crippen MR) is 71.1 cm³/mol. The van der Waals surface area contributed by atoms with Crippen molar-refractivity contribution >= 4 is 17.4 Å². The smallest absolute Gasteiger partial charge is 0.0733 e. The second-order valence-corrected chi connectivity index (χ2v) is 5.78. The molecule has 0 aromatic heterocycles. The SMILES string of the molecule is COCc1ccccc1NC1CSC(C)C1. The highest BCUT2D eigenvalue weighted by molar-refractivity contribution is 8.00. The van der Waals surface area contributed by atoms with E-state index in [-0.39, 0.29) is 0 Å². The van der Waals surface area contributed by atoms with E-state index in [2.05, 4.69) is 48.3 Å². The van der Waals surface area contributed by atoms with Gasteiger partial charge in [-0.05, 0) is 12.5 Å². The molecule has 2 nitrogen and oxygen atoms in total. The van der Waals surface area contributed by atoms with E-state index in [1.807, 2.05) is 0 Å². The molecule has 1 aliphatic rings. The van der Waals surface area contributed by atoms with Gasteiger partial charge in [0.15, 0.2) is 0 Å². The summed E-state index contributed by atoms with van der Waals surface area (Å²) in [4.78, 5) is 0. The van der Waals surface area contributed by atoms with Crippen LogP contribution in [-0.2, 0) is 11.3 Å². The Labute approximate surface area is 102 Å². The monoisotopic (exact) mass is 237 g/mol. The van der Waals surface area contributed by atoms with Gasteiger partial charge >= 0.3 is 0 Å². The molecule has 1 fully saturated rings. The quantitative estimate of drug-likeness (QED) is 0.869. The summed E-state index contributed by atoms with van der Waals surface area (Å²) in [5.41, 5.74) is 2.47. The van der Waals surface area contributed by atoms with Crippen LogP contribution in [-0.4, -0.2) is 24.2 Å². The highest BCUT2D eigenvalue weighted by Crippen LogP contribution is 2.29. The van der Waals surface area contributed by atoms with Crippen molar-refractivity contribution in [3.05, 3.63) is 29.8 Å². The fourth-order valence-electron chi connectivity index (χ4n) is 2.08. The van der Waals surface area contributed by atoms with Crippen LogP contribution in [0, 0.1) is 0 Å². The van der Waals surface area contributed by atoms with E-state index in [0.29, 0.717) is 12.6 Å². The lowest BCUT2D eigenvalue weighted by atomic mass is 10.1. The molecule has 0 bridgehead atoms. The molecule has 0 radical (unpaired) electrons. The van der Waals surface area contributed by atoms with E-state index in [0.717, 1.165) is 5.25 Å². The van der Waals surface area contributed by atoms with Crippen molar-refractivity contribution in [3.63, 3.8) is 0 Å². The summed E-state index contributed by atoms with van der Waals surface area (Å²) in [5, 5.41) is 4.41. The zero-order chi connectivity index (χ0) is 11.4. The van der Waals surface area contributed by atoms with Crippen LogP contribution in [0.4, 0.5) is 5.69 Å². The zero-order valence-electron chi connectivity index (χ0n) is 9.90. The summed E-state index contributed by atoms with van der Waals surface area (Å²) in [5.74, 6) is 1.21. The lowest BCUT2D eigenvalue weighted by molar-refractivity contribution is 0.185. The van der Waals surface area contributed by atoms with Crippen molar-refractivity contribution in [3.8, 4) is 0 Å². The molecule has 1 aromatic carbocycles. The molecule has 0 amide bonds. The van der Waals surface area contributed by atoms with Crippen LogP contribution in [0.1, 0.15) is 18.9 Å². The van der Waals surface area contributed by atoms with E-state index in [4.69, 9.17) is 4.74 Å². The van der Waals surface area contributed by atoms with Gasteiger partial charge in [0.2, 0.25) is 0 Å². The number of hydrogen-bond acceptors (Lipinski definition) is 3. The molecule has 1 aliphatic heterocycles. The van der Waals surface area contributed by atoms with Gasteiger partial charge in [-0.15, -0.1) is 0 Å². The molecule has 16 heavy (non-hydrogen) atoms. The minimum Gasteiger partial charge on any atom is -0.381 e. The lowest BCUT2D eigenvalue weighted by Gasteiger charge is -2.16. The van der Waals surface area contributed by atoms with Gasteiger partial charge in [0.05, 0.1) is 6.61 Å². The van der Waals surface area contributed by atoms with E-state index in [1.165, 1.54) is 23.4 Å². The standard InChI is InChI=1S/C13H19NOS/c1-10-7-12(9-16-10)14-13-6-4-3-5-11(13)8-15-2/h3-6,10,12,14H,7-9H2,1-2H3. The highest BCUT2D eigenvalue weighted by Gasteiger charge is 2.21. The van der Waals surface area contributed by atoms with Crippen LogP contribution >= 0.6 is 11.8 Å². The number of methoxy groups -OCH3 is 1. The van der Waals surface area contributed by atoms with Gasteiger partial charge in [-0.2, -0.15) is 11.8 Å². The predicted octanol–water partition coefficient (Wildman–Crippen LogP) is 3.14. The maximum Gasteiger partial charge on any atom is 0.0733 e. The number of ether oxygens (including phenoxy) is 1. The van der Waals surface area contributed by atoms with Gasteiger partial charge in [0.1, 0.15) is 0 Å². The van der Waals surface area contributed by atoms with E-state index in [9.17, 15) is 0 Å². The number of hydrogen-bond donors (Lipinski definition) is 1. The second-order valence-electron chi connectivity index (χ2n) is 4.31. The van der Waals surface area contributed by atoms with Crippen molar-refractivity contribution in [2.75, 3.05) is 18.2 Å². The van der Waals surface area contributed by atoms with Gasteiger partial charge in [-0.1, -0.05) is 25.1 Å². The molecule has 3 heteroatoms. The molecule has 2 unspecified atom stereocenters. The Bertz CT molecular complexity index is 342. The number of para-hydroxylation sites is 1. The molecular formula is C13H19NOS. The van der Waals surface area contributed by atoms with Crippen molar-refractivity contribution in [2.24, 2.45) is 0 Å². The normalized spacial score (nSPS) is 24.6. The molecule has 1 N–H and O–H groups in total. The average molecular weight is 237 g/mol. The van der Waals surface area contributed by atoms with Gasteiger partial charge < -0.3 is 10.1 Å². The third-order valence-corrected chi connectivity index (χ3v) is 4.23. The molecule has 0 saturated carbocycles. The van der Waals surface area contributed by atoms with Gasteiger partial charge in [0, 0.05) is 35.4 Å². The minimum absolute atomic E-state index is 0.609. The minimum atomic E-state index is 0.609. The first kappa shape index (κ1) is 11.8. The number of anilines is 1. The first-order valence-corrected chi connectivity index (χ1v) is 6.79. The summed E-state index contributed by atoms with van der Waals surface area (Å²) in [6, 6.07) is 9.01. The maximum absolute atomic E-state index is 5.21. The number of benzene rings is 1. The van der Waals surface area contributed by atoms with Crippen LogP contribution in [0.3, 0.4) is 0 Å². The van der Waals surface area contributed by atoms with E-state index in [1.54, 1.807) is 7.11 Å². The Kier molecular flexibility index (Phi) is 4.13. The highest BCUT2D eigenvalue weighted by atomic mass is 32.2. The van der Waals surface area contributed by atoms with E-state index < -0.39 is 0 Å². The van der Waals surface area contributed by atoms with Crippen LogP contribution < -0.4 is 5.32 Å². The molecule has 1 aromatic rings. The Balaban J connectivity index is 2.02. The van der Waals surface area contributed by atoms with Crippen LogP contribution in [0.25, 0.3) is 0 Å². The number of thioether (sulfide) groups is 1. The van der Waals surface area contributed by atoms with Gasteiger partial charge in [-0.3, -0.25) is 0 Å². The Morgan fingerprint density at radius 2 is 2.25 bits per heavy atom. The summed E-state index contributed by atoms with van der Waals surface area (Å²) in [7, 11) is 1.74.